The summed E-state index contributed by atoms with van der Waals surface area (Å²) in [4.78, 5) is 1.27. The summed E-state index contributed by atoms with van der Waals surface area (Å²) < 4.78 is 0. The standard InChI is InChI=1S/C7H11S/c1-2-6-4-3-5-7(6)8/h2,6H,3-5H2,1H3. The second-order valence-corrected chi connectivity index (χ2v) is 2.82. The average Bonchev–Trinajstić information content (AvgIpc) is 2.14. The summed E-state index contributed by atoms with van der Waals surface area (Å²) in [6, 6.07) is 0. The summed E-state index contributed by atoms with van der Waals surface area (Å²) in [5.41, 5.74) is 0. The summed E-state index contributed by atoms with van der Waals surface area (Å²) in [7, 11) is 0. The first-order valence-electron chi connectivity index (χ1n) is 3.17. The van der Waals surface area contributed by atoms with E-state index in [9.17, 15) is 0 Å². The predicted octanol–water partition coefficient (Wildman–Crippen LogP) is 2.38. The summed E-state index contributed by atoms with van der Waals surface area (Å²) in [5, 5.41) is 0. The van der Waals surface area contributed by atoms with Crippen LogP contribution in [0.3, 0.4) is 0 Å². The van der Waals surface area contributed by atoms with Crippen molar-refractivity contribution >= 4 is 17.1 Å². The molecule has 0 aromatic heterocycles. The molecule has 0 aliphatic heterocycles. The van der Waals surface area contributed by atoms with E-state index in [0.717, 1.165) is 0 Å². The van der Waals surface area contributed by atoms with Gasteiger partial charge in [0, 0.05) is 0 Å². The van der Waals surface area contributed by atoms with Crippen LogP contribution in [0.2, 0.25) is 0 Å². The Hall–Kier alpha value is 0.0900. The predicted molar refractivity (Wildman–Crippen MR) is 39.9 cm³/mol. The van der Waals surface area contributed by atoms with Crippen molar-refractivity contribution in [2.75, 3.05) is 0 Å². The van der Waals surface area contributed by atoms with Gasteiger partial charge < -0.3 is 0 Å². The fraction of sp³-hybridized carbons (Fsp3) is 0.714. The van der Waals surface area contributed by atoms with Crippen LogP contribution >= 0.6 is 12.2 Å². The normalized spacial score (nSPS) is 29.1. The van der Waals surface area contributed by atoms with E-state index >= 15 is 0 Å². The molecule has 1 unspecified atom stereocenters. The summed E-state index contributed by atoms with van der Waals surface area (Å²) in [6.45, 7) is 2.10. The van der Waals surface area contributed by atoms with E-state index in [2.05, 4.69) is 13.3 Å². The maximum Gasteiger partial charge on any atom is -0.00378 e. The van der Waals surface area contributed by atoms with Crippen LogP contribution in [0.4, 0.5) is 0 Å². The van der Waals surface area contributed by atoms with Crippen molar-refractivity contribution in [1.82, 2.24) is 0 Å². The third-order valence-corrected chi connectivity index (χ3v) is 2.26. The SMILES string of the molecule is C[CH]C1CCCC1=S. The molecule has 1 fully saturated rings. The van der Waals surface area contributed by atoms with E-state index in [1.165, 1.54) is 24.1 Å². The average molecular weight is 127 g/mol. The van der Waals surface area contributed by atoms with Crippen molar-refractivity contribution in [1.29, 1.82) is 0 Å². The molecule has 1 radical (unpaired) electrons. The lowest BCUT2D eigenvalue weighted by Gasteiger charge is -2.01. The molecule has 45 valence electrons. The van der Waals surface area contributed by atoms with Crippen LogP contribution in [-0.2, 0) is 0 Å². The molecule has 0 nitrogen and oxygen atoms in total. The lowest BCUT2D eigenvalue weighted by Crippen LogP contribution is -2.01. The highest BCUT2D eigenvalue weighted by molar-refractivity contribution is 7.80. The Morgan fingerprint density at radius 1 is 1.75 bits per heavy atom. The molecular formula is C7H11S. The van der Waals surface area contributed by atoms with Gasteiger partial charge in [-0.2, -0.15) is 0 Å². The van der Waals surface area contributed by atoms with Gasteiger partial charge in [-0.15, -0.1) is 0 Å². The zero-order valence-electron chi connectivity index (χ0n) is 5.18. The minimum atomic E-state index is 0.671. The Bertz CT molecular complexity index is 96.6. The second-order valence-electron chi connectivity index (χ2n) is 2.30. The molecule has 8 heavy (non-hydrogen) atoms. The zero-order chi connectivity index (χ0) is 5.98. The van der Waals surface area contributed by atoms with Gasteiger partial charge >= 0.3 is 0 Å². The molecule has 0 heterocycles. The Morgan fingerprint density at radius 2 is 2.50 bits per heavy atom. The van der Waals surface area contributed by atoms with Crippen LogP contribution in [0, 0.1) is 12.3 Å². The molecule has 0 N–H and O–H groups in total. The van der Waals surface area contributed by atoms with E-state index in [-0.39, 0.29) is 0 Å². The van der Waals surface area contributed by atoms with Crippen LogP contribution in [-0.4, -0.2) is 4.86 Å². The quantitative estimate of drug-likeness (QED) is 0.487. The third-order valence-electron chi connectivity index (χ3n) is 1.75. The first-order valence-corrected chi connectivity index (χ1v) is 3.57. The highest BCUT2D eigenvalue weighted by Gasteiger charge is 2.17. The van der Waals surface area contributed by atoms with E-state index in [1.54, 1.807) is 0 Å². The highest BCUT2D eigenvalue weighted by Crippen LogP contribution is 2.24. The lowest BCUT2D eigenvalue weighted by atomic mass is 10.1. The number of hydrogen-bond acceptors (Lipinski definition) is 1. The molecule has 0 saturated heterocycles. The summed E-state index contributed by atoms with van der Waals surface area (Å²) >= 11 is 5.11. The molecule has 0 spiro atoms. The Balaban J connectivity index is 2.42. The van der Waals surface area contributed by atoms with Crippen molar-refractivity contribution < 1.29 is 0 Å². The topological polar surface area (TPSA) is 0 Å². The largest absolute Gasteiger partial charge is 0.0894 e. The molecule has 0 aromatic carbocycles. The summed E-state index contributed by atoms with van der Waals surface area (Å²) in [6.07, 6.45) is 6.02. The van der Waals surface area contributed by atoms with E-state index in [1.807, 2.05) is 0 Å². The molecule has 1 rings (SSSR count). The van der Waals surface area contributed by atoms with Gasteiger partial charge in [0.05, 0.1) is 0 Å². The number of thiocarbonyl (C=S) groups is 1. The van der Waals surface area contributed by atoms with Crippen molar-refractivity contribution in [3.63, 3.8) is 0 Å². The second kappa shape index (κ2) is 2.58. The van der Waals surface area contributed by atoms with Crippen molar-refractivity contribution in [2.24, 2.45) is 5.92 Å². The van der Waals surface area contributed by atoms with Crippen LogP contribution in [0.5, 0.6) is 0 Å². The molecule has 0 amide bonds. The van der Waals surface area contributed by atoms with Gasteiger partial charge in [-0.1, -0.05) is 19.1 Å². The fourth-order valence-corrected chi connectivity index (χ4v) is 1.59. The summed E-state index contributed by atoms with van der Waals surface area (Å²) in [5.74, 6) is 0.671. The van der Waals surface area contributed by atoms with Crippen molar-refractivity contribution in [3.05, 3.63) is 6.42 Å². The first-order chi connectivity index (χ1) is 3.84. The molecule has 0 bridgehead atoms. The Labute approximate surface area is 56.3 Å². The first kappa shape index (κ1) is 6.21. The van der Waals surface area contributed by atoms with Crippen molar-refractivity contribution in [3.8, 4) is 0 Å². The maximum atomic E-state index is 5.11. The van der Waals surface area contributed by atoms with Gasteiger partial charge in [0.25, 0.3) is 0 Å². The minimum Gasteiger partial charge on any atom is -0.0894 e. The van der Waals surface area contributed by atoms with Crippen molar-refractivity contribution in [2.45, 2.75) is 26.2 Å². The smallest absolute Gasteiger partial charge is 0.00378 e. The van der Waals surface area contributed by atoms with E-state index in [4.69, 9.17) is 12.2 Å². The van der Waals surface area contributed by atoms with Gasteiger partial charge in [-0.05, 0) is 36.5 Å². The molecule has 1 atom stereocenters. The van der Waals surface area contributed by atoms with Crippen LogP contribution in [0.1, 0.15) is 26.2 Å². The molecular weight excluding hydrogens is 116 g/mol. The number of hydrogen-bond donors (Lipinski definition) is 0. The van der Waals surface area contributed by atoms with Gasteiger partial charge in [-0.25, -0.2) is 0 Å². The minimum absolute atomic E-state index is 0.671. The molecule has 1 aliphatic carbocycles. The lowest BCUT2D eigenvalue weighted by molar-refractivity contribution is 0.748. The fourth-order valence-electron chi connectivity index (χ4n) is 1.20. The molecule has 0 aromatic rings. The molecule has 1 saturated carbocycles. The van der Waals surface area contributed by atoms with Gasteiger partial charge in [0.15, 0.2) is 0 Å². The van der Waals surface area contributed by atoms with Crippen LogP contribution < -0.4 is 0 Å². The Kier molecular flexibility index (Phi) is 2.01. The van der Waals surface area contributed by atoms with E-state index in [0.29, 0.717) is 5.92 Å². The Morgan fingerprint density at radius 3 is 2.75 bits per heavy atom. The van der Waals surface area contributed by atoms with Gasteiger partial charge in [0.1, 0.15) is 0 Å². The molecule has 1 heteroatoms. The van der Waals surface area contributed by atoms with E-state index < -0.39 is 0 Å². The highest BCUT2D eigenvalue weighted by atomic mass is 32.1. The molecule has 1 aliphatic rings. The maximum absolute atomic E-state index is 5.11. The van der Waals surface area contributed by atoms with Gasteiger partial charge in [0.2, 0.25) is 0 Å². The third kappa shape index (κ3) is 1.08. The van der Waals surface area contributed by atoms with Crippen LogP contribution in [0.15, 0.2) is 0 Å². The van der Waals surface area contributed by atoms with Gasteiger partial charge in [-0.3, -0.25) is 0 Å². The van der Waals surface area contributed by atoms with Crippen LogP contribution in [0.25, 0.3) is 0 Å². The zero-order valence-corrected chi connectivity index (χ0v) is 6.00. The number of rotatable bonds is 1. The monoisotopic (exact) mass is 127 g/mol.